The molecular formula is C21H20F3N3O2. The highest BCUT2D eigenvalue weighted by Gasteiger charge is 2.27. The van der Waals surface area contributed by atoms with Crippen LogP contribution in [0.15, 0.2) is 60.7 Å². The SMILES string of the molecule is Cc1cc(NC(=O)c2cccc(COCC(F)(F)F)c2)nn1Cc1ccccc1. The molecule has 29 heavy (non-hydrogen) atoms. The molecule has 0 aliphatic rings. The number of benzene rings is 2. The Morgan fingerprint density at radius 1 is 1.07 bits per heavy atom. The summed E-state index contributed by atoms with van der Waals surface area (Å²) in [6.45, 7) is 0.909. The van der Waals surface area contributed by atoms with Gasteiger partial charge in [-0.25, -0.2) is 0 Å². The lowest BCUT2D eigenvalue weighted by Gasteiger charge is -2.09. The Bertz CT molecular complexity index is 969. The normalized spacial score (nSPS) is 11.4. The van der Waals surface area contributed by atoms with Gasteiger partial charge in [-0.3, -0.25) is 9.48 Å². The maximum Gasteiger partial charge on any atom is 0.411 e. The predicted molar refractivity (Wildman–Crippen MR) is 103 cm³/mol. The first-order valence-electron chi connectivity index (χ1n) is 8.93. The van der Waals surface area contributed by atoms with Gasteiger partial charge in [-0.2, -0.15) is 18.3 Å². The standard InChI is InChI=1S/C21H20F3N3O2/c1-15-10-19(26-27(15)12-16-6-3-2-4-7-16)25-20(28)18-9-5-8-17(11-18)13-29-14-21(22,23)24/h2-11H,12-14H2,1H3,(H,25,26,28). The van der Waals surface area contributed by atoms with E-state index in [1.165, 1.54) is 6.07 Å². The predicted octanol–water partition coefficient (Wildman–Crippen LogP) is 4.57. The van der Waals surface area contributed by atoms with Crippen LogP contribution in [-0.2, 0) is 17.9 Å². The van der Waals surface area contributed by atoms with Crippen molar-refractivity contribution < 1.29 is 22.7 Å². The van der Waals surface area contributed by atoms with Gasteiger partial charge < -0.3 is 10.1 Å². The van der Waals surface area contributed by atoms with Crippen molar-refractivity contribution in [3.63, 3.8) is 0 Å². The second-order valence-corrected chi connectivity index (χ2v) is 6.58. The summed E-state index contributed by atoms with van der Waals surface area (Å²) in [6.07, 6.45) is -4.38. The lowest BCUT2D eigenvalue weighted by atomic mass is 10.1. The molecule has 0 fully saturated rings. The molecule has 0 aliphatic carbocycles. The molecule has 3 aromatic rings. The van der Waals surface area contributed by atoms with Gasteiger partial charge in [0.05, 0.1) is 13.2 Å². The molecule has 152 valence electrons. The zero-order valence-corrected chi connectivity index (χ0v) is 15.7. The molecule has 0 aliphatic heterocycles. The van der Waals surface area contributed by atoms with Crippen LogP contribution in [0.5, 0.6) is 0 Å². The van der Waals surface area contributed by atoms with E-state index in [1.807, 2.05) is 37.3 Å². The fourth-order valence-corrected chi connectivity index (χ4v) is 2.76. The fraction of sp³-hybridized carbons (Fsp3) is 0.238. The number of amides is 1. The number of carbonyl (C=O) groups excluding carboxylic acids is 1. The maximum atomic E-state index is 12.5. The van der Waals surface area contributed by atoms with Crippen LogP contribution in [0.1, 0.15) is 27.2 Å². The molecule has 2 aromatic carbocycles. The summed E-state index contributed by atoms with van der Waals surface area (Å²) in [5, 5.41) is 7.13. The molecule has 0 saturated carbocycles. The van der Waals surface area contributed by atoms with Crippen molar-refractivity contribution in [1.29, 1.82) is 0 Å². The van der Waals surface area contributed by atoms with Crippen molar-refractivity contribution in [1.82, 2.24) is 9.78 Å². The van der Waals surface area contributed by atoms with E-state index in [9.17, 15) is 18.0 Å². The Labute approximate surface area is 166 Å². The highest BCUT2D eigenvalue weighted by atomic mass is 19.4. The number of alkyl halides is 3. The number of carbonyl (C=O) groups is 1. The van der Waals surface area contributed by atoms with Crippen LogP contribution in [0.25, 0.3) is 0 Å². The third-order valence-corrected chi connectivity index (χ3v) is 4.12. The van der Waals surface area contributed by atoms with E-state index < -0.39 is 18.7 Å². The summed E-state index contributed by atoms with van der Waals surface area (Å²) < 4.78 is 43.0. The van der Waals surface area contributed by atoms with E-state index in [-0.39, 0.29) is 6.61 Å². The first-order chi connectivity index (χ1) is 13.8. The molecule has 0 spiro atoms. The largest absolute Gasteiger partial charge is 0.411 e. The molecule has 8 heteroatoms. The van der Waals surface area contributed by atoms with Crippen LogP contribution >= 0.6 is 0 Å². The zero-order chi connectivity index (χ0) is 20.9. The Hall–Kier alpha value is -3.13. The van der Waals surface area contributed by atoms with Crippen molar-refractivity contribution in [2.24, 2.45) is 0 Å². The third kappa shape index (κ3) is 6.18. The van der Waals surface area contributed by atoms with Crippen LogP contribution in [0.4, 0.5) is 19.0 Å². The molecular weight excluding hydrogens is 383 g/mol. The molecule has 0 radical (unpaired) electrons. The Morgan fingerprint density at radius 3 is 2.52 bits per heavy atom. The molecule has 3 rings (SSSR count). The van der Waals surface area contributed by atoms with Crippen molar-refractivity contribution in [3.8, 4) is 0 Å². The van der Waals surface area contributed by atoms with Crippen LogP contribution in [0.2, 0.25) is 0 Å². The minimum Gasteiger partial charge on any atom is -0.367 e. The summed E-state index contributed by atoms with van der Waals surface area (Å²) in [6, 6.07) is 17.9. The number of anilines is 1. The minimum atomic E-state index is -4.38. The summed E-state index contributed by atoms with van der Waals surface area (Å²) in [5.41, 5.74) is 2.77. The van der Waals surface area contributed by atoms with Gasteiger partial charge in [0.2, 0.25) is 0 Å². The van der Waals surface area contributed by atoms with Gasteiger partial charge in [-0.1, -0.05) is 42.5 Å². The topological polar surface area (TPSA) is 56.1 Å². The number of hydrogen-bond acceptors (Lipinski definition) is 3. The first-order valence-corrected chi connectivity index (χ1v) is 8.93. The molecule has 0 unspecified atom stereocenters. The van der Waals surface area contributed by atoms with Gasteiger partial charge in [0, 0.05) is 17.3 Å². The van der Waals surface area contributed by atoms with Crippen molar-refractivity contribution in [2.75, 3.05) is 11.9 Å². The van der Waals surface area contributed by atoms with Gasteiger partial charge in [0.15, 0.2) is 5.82 Å². The average molecular weight is 403 g/mol. The Kier molecular flexibility index (Phi) is 6.33. The van der Waals surface area contributed by atoms with E-state index >= 15 is 0 Å². The number of nitrogens with one attached hydrogen (secondary N) is 1. The molecule has 0 saturated heterocycles. The van der Waals surface area contributed by atoms with Gasteiger partial charge in [-0.15, -0.1) is 0 Å². The minimum absolute atomic E-state index is 0.231. The second-order valence-electron chi connectivity index (χ2n) is 6.58. The molecule has 0 atom stereocenters. The van der Waals surface area contributed by atoms with E-state index in [0.717, 1.165) is 11.3 Å². The zero-order valence-electron chi connectivity index (χ0n) is 15.7. The number of hydrogen-bond donors (Lipinski definition) is 1. The third-order valence-electron chi connectivity index (χ3n) is 4.12. The van der Waals surface area contributed by atoms with Crippen LogP contribution in [-0.4, -0.2) is 28.5 Å². The number of nitrogens with zero attached hydrogens (tertiary/aromatic N) is 2. The number of halogens is 3. The number of aryl methyl sites for hydroxylation is 1. The van der Waals surface area contributed by atoms with E-state index in [1.54, 1.807) is 28.9 Å². The fourth-order valence-electron chi connectivity index (χ4n) is 2.76. The highest BCUT2D eigenvalue weighted by Crippen LogP contribution is 2.17. The lowest BCUT2D eigenvalue weighted by molar-refractivity contribution is -0.176. The molecule has 1 aromatic heterocycles. The smallest absolute Gasteiger partial charge is 0.367 e. The molecule has 0 bridgehead atoms. The molecule has 1 amide bonds. The Morgan fingerprint density at radius 2 is 1.79 bits per heavy atom. The summed E-state index contributed by atoms with van der Waals surface area (Å²) in [5.74, 6) is 0.00851. The number of ether oxygens (including phenoxy) is 1. The van der Waals surface area contributed by atoms with Gasteiger partial charge in [0.25, 0.3) is 5.91 Å². The van der Waals surface area contributed by atoms with Crippen molar-refractivity contribution >= 4 is 11.7 Å². The second kappa shape index (κ2) is 8.91. The van der Waals surface area contributed by atoms with E-state index in [0.29, 0.717) is 23.5 Å². The highest BCUT2D eigenvalue weighted by molar-refractivity contribution is 6.03. The van der Waals surface area contributed by atoms with E-state index in [4.69, 9.17) is 0 Å². The van der Waals surface area contributed by atoms with Crippen LogP contribution in [0, 0.1) is 6.92 Å². The average Bonchev–Trinajstić information content (AvgIpc) is 3.00. The first kappa shape index (κ1) is 20.6. The number of rotatable bonds is 7. The summed E-state index contributed by atoms with van der Waals surface area (Å²) in [4.78, 5) is 12.5. The molecule has 5 nitrogen and oxygen atoms in total. The summed E-state index contributed by atoms with van der Waals surface area (Å²) in [7, 11) is 0. The summed E-state index contributed by atoms with van der Waals surface area (Å²) >= 11 is 0. The van der Waals surface area contributed by atoms with Gasteiger partial charge in [0.1, 0.15) is 6.61 Å². The van der Waals surface area contributed by atoms with E-state index in [2.05, 4.69) is 15.2 Å². The van der Waals surface area contributed by atoms with Crippen molar-refractivity contribution in [2.45, 2.75) is 26.3 Å². The van der Waals surface area contributed by atoms with Gasteiger partial charge in [-0.05, 0) is 30.2 Å². The molecule has 1 heterocycles. The van der Waals surface area contributed by atoms with Crippen molar-refractivity contribution in [3.05, 3.63) is 83.0 Å². The lowest BCUT2D eigenvalue weighted by Crippen LogP contribution is -2.17. The molecule has 1 N–H and O–H groups in total. The van der Waals surface area contributed by atoms with Crippen LogP contribution < -0.4 is 5.32 Å². The Balaban J connectivity index is 1.63. The quantitative estimate of drug-likeness (QED) is 0.629. The van der Waals surface area contributed by atoms with Gasteiger partial charge >= 0.3 is 6.18 Å². The number of aromatic nitrogens is 2. The monoisotopic (exact) mass is 403 g/mol. The van der Waals surface area contributed by atoms with Crippen LogP contribution in [0.3, 0.4) is 0 Å². The maximum absolute atomic E-state index is 12.5.